The van der Waals surface area contributed by atoms with Crippen molar-refractivity contribution in [2.24, 2.45) is 0 Å². The van der Waals surface area contributed by atoms with Gasteiger partial charge < -0.3 is 4.90 Å². The first kappa shape index (κ1) is 10.9. The van der Waals surface area contributed by atoms with Crippen LogP contribution in [0.2, 0.25) is 0 Å². The van der Waals surface area contributed by atoms with Crippen molar-refractivity contribution in [3.63, 3.8) is 0 Å². The van der Waals surface area contributed by atoms with Crippen LogP contribution >= 0.6 is 0 Å². The van der Waals surface area contributed by atoms with Crippen LogP contribution in [0.15, 0.2) is 30.3 Å². The van der Waals surface area contributed by atoms with Crippen LogP contribution in [0.1, 0.15) is 23.7 Å². The number of rotatable bonds is 4. The lowest BCUT2D eigenvalue weighted by molar-refractivity contribution is 0.0950. The summed E-state index contributed by atoms with van der Waals surface area (Å²) >= 11 is 0. The van der Waals surface area contributed by atoms with E-state index >= 15 is 0 Å². The zero-order chi connectivity index (χ0) is 10.6. The van der Waals surface area contributed by atoms with E-state index in [0.29, 0.717) is 12.5 Å². The van der Waals surface area contributed by atoms with E-state index in [1.54, 1.807) is 0 Å². The lowest BCUT2D eigenvalue weighted by Gasteiger charge is -2.18. The fourth-order valence-electron chi connectivity index (χ4n) is 1.19. The second-order valence-corrected chi connectivity index (χ2v) is 3.81. The monoisotopic (exact) mass is 191 g/mol. The summed E-state index contributed by atoms with van der Waals surface area (Å²) in [7, 11) is 3.98. The lowest BCUT2D eigenvalue weighted by Crippen LogP contribution is -2.27. The van der Waals surface area contributed by atoms with Crippen molar-refractivity contribution in [3.8, 4) is 0 Å². The van der Waals surface area contributed by atoms with E-state index in [0.717, 1.165) is 5.56 Å². The average Bonchev–Trinajstić information content (AvgIpc) is 2.19. The third kappa shape index (κ3) is 2.96. The van der Waals surface area contributed by atoms with Crippen LogP contribution in [0.5, 0.6) is 0 Å². The van der Waals surface area contributed by atoms with Crippen molar-refractivity contribution >= 4 is 5.78 Å². The zero-order valence-electron chi connectivity index (χ0n) is 9.03. The van der Waals surface area contributed by atoms with Gasteiger partial charge in [-0.1, -0.05) is 30.3 Å². The van der Waals surface area contributed by atoms with Gasteiger partial charge in [-0.15, -0.1) is 0 Å². The van der Waals surface area contributed by atoms with Crippen LogP contribution < -0.4 is 0 Å². The topological polar surface area (TPSA) is 20.3 Å². The molecule has 0 bridgehead atoms. The summed E-state index contributed by atoms with van der Waals surface area (Å²) in [5.41, 5.74) is 0.807. The number of carbonyl (C=O) groups is 1. The molecule has 1 aromatic rings. The van der Waals surface area contributed by atoms with Crippen molar-refractivity contribution < 1.29 is 4.79 Å². The second-order valence-electron chi connectivity index (χ2n) is 3.81. The maximum Gasteiger partial charge on any atom is 0.164 e. The molecular formula is C12H17NO. The van der Waals surface area contributed by atoms with Gasteiger partial charge >= 0.3 is 0 Å². The smallest absolute Gasteiger partial charge is 0.164 e. The Hall–Kier alpha value is -1.15. The van der Waals surface area contributed by atoms with Crippen molar-refractivity contribution in [1.82, 2.24) is 4.90 Å². The van der Waals surface area contributed by atoms with Crippen LogP contribution in [-0.4, -0.2) is 30.8 Å². The molecule has 0 saturated carbocycles. The molecule has 0 heterocycles. The molecule has 2 heteroatoms. The Morgan fingerprint density at radius 1 is 1.29 bits per heavy atom. The molecule has 0 aliphatic heterocycles. The second kappa shape index (κ2) is 4.91. The highest BCUT2D eigenvalue weighted by atomic mass is 16.1. The van der Waals surface area contributed by atoms with Crippen LogP contribution in [-0.2, 0) is 0 Å². The maximum absolute atomic E-state index is 11.7. The first-order valence-electron chi connectivity index (χ1n) is 4.86. The number of benzene rings is 1. The van der Waals surface area contributed by atoms with Gasteiger partial charge in [0.1, 0.15) is 0 Å². The summed E-state index contributed by atoms with van der Waals surface area (Å²) in [6.45, 7) is 2.06. The van der Waals surface area contributed by atoms with Gasteiger partial charge in [0.2, 0.25) is 0 Å². The summed E-state index contributed by atoms with van der Waals surface area (Å²) in [4.78, 5) is 13.8. The van der Waals surface area contributed by atoms with E-state index in [1.165, 1.54) is 0 Å². The van der Waals surface area contributed by atoms with Gasteiger partial charge in [-0.3, -0.25) is 4.79 Å². The van der Waals surface area contributed by atoms with Crippen LogP contribution in [0.4, 0.5) is 0 Å². The molecule has 1 aromatic carbocycles. The number of ketones is 1. The molecule has 2 nitrogen and oxygen atoms in total. The molecule has 0 aromatic heterocycles. The van der Waals surface area contributed by atoms with Gasteiger partial charge in [-0.2, -0.15) is 0 Å². The minimum Gasteiger partial charge on any atom is -0.306 e. The minimum atomic E-state index is 0.215. The predicted octanol–water partition coefficient (Wildman–Crippen LogP) is 2.21. The standard InChI is InChI=1S/C12H17NO/c1-10(13(2)3)9-12(14)11-7-5-4-6-8-11/h4-8,10H,9H2,1-3H3. The number of hydrogen-bond acceptors (Lipinski definition) is 2. The Kier molecular flexibility index (Phi) is 3.84. The van der Waals surface area contributed by atoms with Crippen LogP contribution in [0, 0.1) is 0 Å². The Balaban J connectivity index is 2.60. The molecule has 0 spiro atoms. The third-order valence-corrected chi connectivity index (χ3v) is 2.46. The number of nitrogens with zero attached hydrogens (tertiary/aromatic N) is 1. The molecular weight excluding hydrogens is 174 g/mol. The van der Waals surface area contributed by atoms with E-state index in [-0.39, 0.29) is 5.78 Å². The molecule has 1 unspecified atom stereocenters. The number of hydrogen-bond donors (Lipinski definition) is 0. The summed E-state index contributed by atoms with van der Waals surface area (Å²) < 4.78 is 0. The quantitative estimate of drug-likeness (QED) is 0.680. The molecule has 14 heavy (non-hydrogen) atoms. The molecule has 0 aliphatic carbocycles. The molecule has 0 radical (unpaired) electrons. The van der Waals surface area contributed by atoms with E-state index in [1.807, 2.05) is 44.4 Å². The Morgan fingerprint density at radius 3 is 2.36 bits per heavy atom. The summed E-state index contributed by atoms with van der Waals surface area (Å²) in [6, 6.07) is 9.74. The normalized spacial score (nSPS) is 12.9. The first-order chi connectivity index (χ1) is 6.61. The Morgan fingerprint density at radius 2 is 1.86 bits per heavy atom. The first-order valence-corrected chi connectivity index (χ1v) is 4.86. The molecule has 76 valence electrons. The largest absolute Gasteiger partial charge is 0.306 e. The van der Waals surface area contributed by atoms with Crippen LogP contribution in [0.3, 0.4) is 0 Å². The van der Waals surface area contributed by atoms with E-state index in [4.69, 9.17) is 0 Å². The fraction of sp³-hybridized carbons (Fsp3) is 0.417. The van der Waals surface area contributed by atoms with Gasteiger partial charge in [0.05, 0.1) is 0 Å². The van der Waals surface area contributed by atoms with Crippen molar-refractivity contribution in [2.45, 2.75) is 19.4 Å². The van der Waals surface area contributed by atoms with Crippen LogP contribution in [0.25, 0.3) is 0 Å². The lowest BCUT2D eigenvalue weighted by atomic mass is 10.0. The molecule has 0 amide bonds. The van der Waals surface area contributed by atoms with E-state index < -0.39 is 0 Å². The highest BCUT2D eigenvalue weighted by molar-refractivity contribution is 5.96. The van der Waals surface area contributed by atoms with Gasteiger partial charge in [0.25, 0.3) is 0 Å². The zero-order valence-corrected chi connectivity index (χ0v) is 9.03. The van der Waals surface area contributed by atoms with Crippen molar-refractivity contribution in [2.75, 3.05) is 14.1 Å². The Labute approximate surface area is 85.5 Å². The molecule has 0 aliphatic rings. The highest BCUT2D eigenvalue weighted by Gasteiger charge is 2.11. The van der Waals surface area contributed by atoms with Gasteiger partial charge in [-0.25, -0.2) is 0 Å². The summed E-state index contributed by atoms with van der Waals surface area (Å²) in [5.74, 6) is 0.215. The third-order valence-electron chi connectivity index (χ3n) is 2.46. The number of Topliss-reactive ketones (excluding diaryl/α,β-unsaturated/α-hetero) is 1. The summed E-state index contributed by atoms with van der Waals surface area (Å²) in [5, 5.41) is 0. The van der Waals surface area contributed by atoms with Gasteiger partial charge in [0, 0.05) is 18.0 Å². The molecule has 1 rings (SSSR count). The number of carbonyl (C=O) groups excluding carboxylic acids is 1. The average molecular weight is 191 g/mol. The Bertz CT molecular complexity index is 292. The van der Waals surface area contributed by atoms with E-state index in [9.17, 15) is 4.79 Å². The molecule has 0 saturated heterocycles. The minimum absolute atomic E-state index is 0.215. The SMILES string of the molecule is CC(CC(=O)c1ccccc1)N(C)C. The van der Waals surface area contributed by atoms with Gasteiger partial charge in [-0.05, 0) is 21.0 Å². The summed E-state index contributed by atoms with van der Waals surface area (Å²) in [6.07, 6.45) is 0.580. The highest BCUT2D eigenvalue weighted by Crippen LogP contribution is 2.07. The van der Waals surface area contributed by atoms with Gasteiger partial charge in [0.15, 0.2) is 5.78 Å². The van der Waals surface area contributed by atoms with Crippen molar-refractivity contribution in [3.05, 3.63) is 35.9 Å². The maximum atomic E-state index is 11.7. The van der Waals surface area contributed by atoms with Crippen molar-refractivity contribution in [1.29, 1.82) is 0 Å². The molecule has 0 N–H and O–H groups in total. The predicted molar refractivity (Wildman–Crippen MR) is 58.5 cm³/mol. The fourth-order valence-corrected chi connectivity index (χ4v) is 1.19. The molecule has 0 fully saturated rings. The van der Waals surface area contributed by atoms with E-state index in [2.05, 4.69) is 11.8 Å². The molecule has 1 atom stereocenters.